The molecule has 1 amide bonds. The van der Waals surface area contributed by atoms with E-state index in [1.165, 1.54) is 0 Å². The second-order valence-corrected chi connectivity index (χ2v) is 9.46. The van der Waals surface area contributed by atoms with E-state index < -0.39 is 0 Å². The molecule has 1 aliphatic heterocycles. The number of nitrogens with one attached hydrogen (secondary N) is 1. The van der Waals surface area contributed by atoms with Crippen molar-refractivity contribution in [2.45, 2.75) is 6.54 Å². The summed E-state index contributed by atoms with van der Waals surface area (Å²) in [6.07, 6.45) is 3.83. The highest BCUT2D eigenvalue weighted by Gasteiger charge is 2.23. The van der Waals surface area contributed by atoms with Gasteiger partial charge in [0.2, 0.25) is 5.91 Å². The lowest BCUT2D eigenvalue weighted by atomic mass is 10.1. The van der Waals surface area contributed by atoms with Crippen LogP contribution in [0.5, 0.6) is 5.75 Å². The fourth-order valence-corrected chi connectivity index (χ4v) is 5.09. The van der Waals surface area contributed by atoms with Crippen LogP contribution in [0.1, 0.15) is 0 Å². The average Bonchev–Trinajstić information content (AvgIpc) is 3.50. The molecule has 0 saturated carbocycles. The predicted octanol–water partition coefficient (Wildman–Crippen LogP) is 5.20. The minimum absolute atomic E-state index is 0.114. The molecule has 182 valence electrons. The number of hydrogen-bond acceptors (Lipinski definition) is 4. The number of nitrogens with zero attached hydrogens (tertiary/aromatic N) is 4. The highest BCUT2D eigenvalue weighted by atomic mass is 35.5. The number of H-pyrrole nitrogens is 1. The number of aromatic nitrogens is 3. The quantitative estimate of drug-likeness (QED) is 0.361. The van der Waals surface area contributed by atoms with Crippen molar-refractivity contribution in [2.24, 2.45) is 0 Å². The number of anilines is 1. The third-order valence-corrected chi connectivity index (χ3v) is 7.15. The van der Waals surface area contributed by atoms with Gasteiger partial charge in [-0.3, -0.25) is 4.79 Å². The Kier molecular flexibility index (Phi) is 5.77. The molecule has 4 heterocycles. The number of fused-ring (bicyclic) bond motifs is 2. The number of rotatable bonds is 5. The molecule has 1 aliphatic rings. The largest absolute Gasteiger partial charge is 0.497 e. The van der Waals surface area contributed by atoms with Crippen molar-refractivity contribution >= 4 is 45.1 Å². The number of halogens is 1. The van der Waals surface area contributed by atoms with Crippen LogP contribution in [0.2, 0.25) is 5.02 Å². The van der Waals surface area contributed by atoms with Crippen LogP contribution in [0, 0.1) is 0 Å². The van der Waals surface area contributed by atoms with Crippen LogP contribution in [0.25, 0.3) is 33.2 Å². The van der Waals surface area contributed by atoms with Gasteiger partial charge >= 0.3 is 0 Å². The van der Waals surface area contributed by atoms with Crippen LogP contribution in [0.3, 0.4) is 0 Å². The van der Waals surface area contributed by atoms with Crippen molar-refractivity contribution in [2.75, 3.05) is 38.2 Å². The molecule has 0 aliphatic carbocycles. The number of methoxy groups -OCH3 is 1. The normalized spacial score (nSPS) is 14.1. The molecule has 0 radical (unpaired) electrons. The van der Waals surface area contributed by atoms with Crippen LogP contribution < -0.4 is 9.64 Å². The number of benzene rings is 2. The fourth-order valence-electron chi connectivity index (χ4n) is 4.96. The molecule has 7 nitrogen and oxygen atoms in total. The second-order valence-electron chi connectivity index (χ2n) is 9.02. The Morgan fingerprint density at radius 1 is 1.06 bits per heavy atom. The molecule has 1 N–H and O–H groups in total. The molecule has 0 unspecified atom stereocenters. The van der Waals surface area contributed by atoms with E-state index in [-0.39, 0.29) is 12.5 Å². The molecule has 1 saturated heterocycles. The fraction of sp³-hybridized carbons (Fsp3) is 0.214. The van der Waals surface area contributed by atoms with Gasteiger partial charge < -0.3 is 24.1 Å². The third-order valence-electron chi connectivity index (χ3n) is 6.90. The second kappa shape index (κ2) is 9.24. The first kappa shape index (κ1) is 22.5. The van der Waals surface area contributed by atoms with Gasteiger partial charge in [-0.1, -0.05) is 11.6 Å². The van der Waals surface area contributed by atoms with Gasteiger partial charge in [-0.05, 0) is 60.7 Å². The number of aromatic amines is 1. The molecule has 8 heteroatoms. The van der Waals surface area contributed by atoms with Crippen molar-refractivity contribution in [3.63, 3.8) is 0 Å². The standard InChI is InChI=1S/C28H26ClN5O2/c1-36-22-8-9-26-23(16-22)24(25-15-19-3-2-10-30-28(19)31-25)17-34(26)18-27(35)33-13-11-32(12-14-33)21-6-4-20(29)5-7-21/h2-10,15-17H,11-14,18H2,1H3,(H,30,31). The molecular formula is C28H26ClN5O2. The Hall–Kier alpha value is -3.97. The van der Waals surface area contributed by atoms with Crippen molar-refractivity contribution in [3.05, 3.63) is 78.1 Å². The van der Waals surface area contributed by atoms with Gasteiger partial charge in [0.1, 0.15) is 17.9 Å². The van der Waals surface area contributed by atoms with Gasteiger partial charge in [-0.25, -0.2) is 4.98 Å². The van der Waals surface area contributed by atoms with Crippen LogP contribution >= 0.6 is 11.6 Å². The summed E-state index contributed by atoms with van der Waals surface area (Å²) in [5.74, 6) is 0.892. The summed E-state index contributed by atoms with van der Waals surface area (Å²) in [6.45, 7) is 3.25. The molecule has 36 heavy (non-hydrogen) atoms. The maximum atomic E-state index is 13.3. The van der Waals surface area contributed by atoms with E-state index in [1.807, 2.05) is 64.1 Å². The number of pyridine rings is 1. The summed E-state index contributed by atoms with van der Waals surface area (Å²) in [7, 11) is 1.66. The van der Waals surface area contributed by atoms with E-state index >= 15 is 0 Å². The maximum Gasteiger partial charge on any atom is 0.242 e. The molecule has 5 aromatic rings. The summed E-state index contributed by atoms with van der Waals surface area (Å²) < 4.78 is 7.53. The zero-order valence-corrected chi connectivity index (χ0v) is 20.7. The van der Waals surface area contributed by atoms with Gasteiger partial charge in [-0.2, -0.15) is 0 Å². The number of ether oxygens (including phenoxy) is 1. The van der Waals surface area contributed by atoms with Gasteiger partial charge in [0.25, 0.3) is 0 Å². The van der Waals surface area contributed by atoms with E-state index in [2.05, 4.69) is 27.1 Å². The lowest BCUT2D eigenvalue weighted by molar-refractivity contribution is -0.132. The molecular weight excluding hydrogens is 474 g/mol. The number of carbonyl (C=O) groups excluding carboxylic acids is 1. The predicted molar refractivity (Wildman–Crippen MR) is 144 cm³/mol. The Balaban J connectivity index is 1.25. The molecule has 0 spiro atoms. The van der Waals surface area contributed by atoms with Crippen molar-refractivity contribution in [3.8, 4) is 17.0 Å². The molecule has 6 rings (SSSR count). The number of hydrogen-bond donors (Lipinski definition) is 1. The Labute approximate surface area is 213 Å². The summed E-state index contributed by atoms with van der Waals surface area (Å²) in [5.41, 5.74) is 4.94. The van der Waals surface area contributed by atoms with Gasteiger partial charge in [0.05, 0.1) is 7.11 Å². The number of piperazine rings is 1. The van der Waals surface area contributed by atoms with Crippen LogP contribution in [0.15, 0.2) is 73.1 Å². The first-order valence-electron chi connectivity index (χ1n) is 12.0. The van der Waals surface area contributed by atoms with Crippen LogP contribution in [-0.4, -0.2) is 58.6 Å². The third kappa shape index (κ3) is 4.16. The van der Waals surface area contributed by atoms with Crippen molar-refractivity contribution < 1.29 is 9.53 Å². The molecule has 3 aromatic heterocycles. The van der Waals surface area contributed by atoms with Crippen LogP contribution in [0.4, 0.5) is 5.69 Å². The minimum atomic E-state index is 0.114. The van der Waals surface area contributed by atoms with E-state index in [0.29, 0.717) is 13.1 Å². The molecule has 0 bridgehead atoms. The number of amides is 1. The molecule has 2 aromatic carbocycles. The topological polar surface area (TPSA) is 66.4 Å². The number of carbonyl (C=O) groups is 1. The van der Waals surface area contributed by atoms with E-state index in [1.54, 1.807) is 13.3 Å². The Bertz CT molecular complexity index is 1510. The summed E-state index contributed by atoms with van der Waals surface area (Å²) >= 11 is 6.03. The van der Waals surface area contributed by atoms with Gasteiger partial charge in [-0.15, -0.1) is 0 Å². The zero-order valence-electron chi connectivity index (χ0n) is 19.9. The Morgan fingerprint density at radius 3 is 2.61 bits per heavy atom. The highest BCUT2D eigenvalue weighted by Crippen LogP contribution is 2.34. The first-order chi connectivity index (χ1) is 17.6. The zero-order chi connectivity index (χ0) is 24.6. The lowest BCUT2D eigenvalue weighted by Crippen LogP contribution is -2.49. The maximum absolute atomic E-state index is 13.3. The highest BCUT2D eigenvalue weighted by molar-refractivity contribution is 6.30. The Morgan fingerprint density at radius 2 is 1.86 bits per heavy atom. The van der Waals surface area contributed by atoms with Gasteiger partial charge in [0.15, 0.2) is 0 Å². The lowest BCUT2D eigenvalue weighted by Gasteiger charge is -2.36. The molecule has 1 fully saturated rings. The van der Waals surface area contributed by atoms with Gasteiger partial charge in [0, 0.05) is 76.8 Å². The van der Waals surface area contributed by atoms with Crippen molar-refractivity contribution in [1.29, 1.82) is 0 Å². The average molecular weight is 500 g/mol. The molecule has 0 atom stereocenters. The summed E-state index contributed by atoms with van der Waals surface area (Å²) in [6, 6.07) is 19.9. The van der Waals surface area contributed by atoms with E-state index in [0.717, 1.165) is 62.7 Å². The van der Waals surface area contributed by atoms with E-state index in [9.17, 15) is 4.79 Å². The minimum Gasteiger partial charge on any atom is -0.497 e. The van der Waals surface area contributed by atoms with Crippen molar-refractivity contribution in [1.82, 2.24) is 19.4 Å². The SMILES string of the molecule is COc1ccc2c(c1)c(-c1cc3cccnc3[nH]1)cn2CC(=O)N1CCN(c2ccc(Cl)cc2)CC1. The summed E-state index contributed by atoms with van der Waals surface area (Å²) in [5, 5.41) is 2.81. The van der Waals surface area contributed by atoms with E-state index in [4.69, 9.17) is 16.3 Å². The van der Waals surface area contributed by atoms with Crippen LogP contribution in [-0.2, 0) is 11.3 Å². The first-order valence-corrected chi connectivity index (χ1v) is 12.4. The monoisotopic (exact) mass is 499 g/mol. The smallest absolute Gasteiger partial charge is 0.242 e. The summed E-state index contributed by atoms with van der Waals surface area (Å²) in [4.78, 5) is 25.4.